The molecule has 3 amide bonds. The van der Waals surface area contributed by atoms with E-state index in [1.54, 1.807) is 0 Å². The number of benzene rings is 1. The SMILES string of the molecule is CC1CCCCN1C(=O)C1CCN(C(=O)Nc2ccccc2)CC1. The van der Waals surface area contributed by atoms with E-state index in [0.717, 1.165) is 37.9 Å². The normalized spacial score (nSPS) is 22.3. The summed E-state index contributed by atoms with van der Waals surface area (Å²) in [7, 11) is 0. The van der Waals surface area contributed by atoms with Crippen LogP contribution in [0.5, 0.6) is 0 Å². The zero-order valence-corrected chi connectivity index (χ0v) is 14.4. The molecular weight excluding hydrogens is 302 g/mol. The van der Waals surface area contributed by atoms with Gasteiger partial charge in [-0.2, -0.15) is 0 Å². The van der Waals surface area contributed by atoms with Crippen molar-refractivity contribution >= 4 is 17.6 Å². The average molecular weight is 329 g/mol. The van der Waals surface area contributed by atoms with E-state index >= 15 is 0 Å². The highest BCUT2D eigenvalue weighted by atomic mass is 16.2. The van der Waals surface area contributed by atoms with Crippen molar-refractivity contribution in [2.75, 3.05) is 25.0 Å². The Bertz CT molecular complexity index is 567. The first-order valence-electron chi connectivity index (χ1n) is 9.06. The minimum atomic E-state index is -0.0709. The number of carbonyl (C=O) groups excluding carboxylic acids is 2. The molecule has 1 aromatic carbocycles. The first kappa shape index (κ1) is 16.8. The molecule has 130 valence electrons. The fourth-order valence-electron chi connectivity index (χ4n) is 3.71. The number of nitrogens with one attached hydrogen (secondary N) is 1. The van der Waals surface area contributed by atoms with E-state index in [2.05, 4.69) is 17.1 Å². The zero-order valence-electron chi connectivity index (χ0n) is 14.4. The van der Waals surface area contributed by atoms with Gasteiger partial charge >= 0.3 is 6.03 Å². The Balaban J connectivity index is 1.50. The molecule has 5 heteroatoms. The summed E-state index contributed by atoms with van der Waals surface area (Å²) in [6, 6.07) is 9.79. The van der Waals surface area contributed by atoms with Crippen molar-refractivity contribution in [1.29, 1.82) is 0 Å². The molecule has 2 aliphatic rings. The maximum Gasteiger partial charge on any atom is 0.321 e. The van der Waals surface area contributed by atoms with Gasteiger partial charge in [0.25, 0.3) is 0 Å². The number of piperidine rings is 2. The Hall–Kier alpha value is -2.04. The van der Waals surface area contributed by atoms with Gasteiger partial charge in [-0.15, -0.1) is 0 Å². The number of likely N-dealkylation sites (tertiary alicyclic amines) is 2. The van der Waals surface area contributed by atoms with E-state index in [1.165, 1.54) is 6.42 Å². The van der Waals surface area contributed by atoms with E-state index in [1.807, 2.05) is 35.2 Å². The van der Waals surface area contributed by atoms with Crippen molar-refractivity contribution in [2.45, 2.75) is 45.1 Å². The molecule has 3 rings (SSSR count). The molecule has 1 aromatic rings. The van der Waals surface area contributed by atoms with Gasteiger partial charge in [-0.25, -0.2) is 4.79 Å². The maximum atomic E-state index is 12.7. The van der Waals surface area contributed by atoms with Crippen molar-refractivity contribution < 1.29 is 9.59 Å². The second kappa shape index (κ2) is 7.69. The third kappa shape index (κ3) is 3.89. The molecule has 2 heterocycles. The first-order chi connectivity index (χ1) is 11.6. The molecule has 1 unspecified atom stereocenters. The van der Waals surface area contributed by atoms with Crippen molar-refractivity contribution in [2.24, 2.45) is 5.92 Å². The predicted octanol–water partition coefficient (Wildman–Crippen LogP) is 3.33. The molecule has 2 aliphatic heterocycles. The number of hydrogen-bond donors (Lipinski definition) is 1. The Morgan fingerprint density at radius 2 is 1.71 bits per heavy atom. The van der Waals surface area contributed by atoms with Crippen LogP contribution in [0.15, 0.2) is 30.3 Å². The number of para-hydroxylation sites is 1. The molecule has 0 radical (unpaired) electrons. The van der Waals surface area contributed by atoms with Crippen LogP contribution >= 0.6 is 0 Å². The minimum absolute atomic E-state index is 0.0709. The highest BCUT2D eigenvalue weighted by Crippen LogP contribution is 2.25. The van der Waals surface area contributed by atoms with Gasteiger partial charge < -0.3 is 15.1 Å². The molecule has 5 nitrogen and oxygen atoms in total. The van der Waals surface area contributed by atoms with Crippen LogP contribution < -0.4 is 5.32 Å². The van der Waals surface area contributed by atoms with Gasteiger partial charge in [0.2, 0.25) is 5.91 Å². The number of nitrogens with zero attached hydrogens (tertiary/aromatic N) is 2. The topological polar surface area (TPSA) is 52.7 Å². The molecular formula is C19H27N3O2. The lowest BCUT2D eigenvalue weighted by Gasteiger charge is -2.38. The average Bonchev–Trinajstić information content (AvgIpc) is 2.62. The van der Waals surface area contributed by atoms with Gasteiger partial charge in [0, 0.05) is 37.3 Å². The quantitative estimate of drug-likeness (QED) is 0.905. The van der Waals surface area contributed by atoms with E-state index in [0.29, 0.717) is 25.0 Å². The van der Waals surface area contributed by atoms with Crippen LogP contribution in [0.25, 0.3) is 0 Å². The summed E-state index contributed by atoms with van der Waals surface area (Å²) in [6.45, 7) is 4.35. The van der Waals surface area contributed by atoms with Gasteiger partial charge in [-0.1, -0.05) is 18.2 Å². The smallest absolute Gasteiger partial charge is 0.321 e. The maximum absolute atomic E-state index is 12.7. The first-order valence-corrected chi connectivity index (χ1v) is 9.06. The van der Waals surface area contributed by atoms with Gasteiger partial charge in [0.1, 0.15) is 0 Å². The number of rotatable bonds is 2. The summed E-state index contributed by atoms with van der Waals surface area (Å²) < 4.78 is 0. The van der Waals surface area contributed by atoms with E-state index < -0.39 is 0 Å². The van der Waals surface area contributed by atoms with Gasteiger partial charge in [0.15, 0.2) is 0 Å². The Kier molecular flexibility index (Phi) is 5.38. The Labute approximate surface area is 144 Å². The van der Waals surface area contributed by atoms with Crippen LogP contribution in [-0.4, -0.2) is 47.4 Å². The van der Waals surface area contributed by atoms with Crippen molar-refractivity contribution in [3.05, 3.63) is 30.3 Å². The van der Waals surface area contributed by atoms with Crippen LogP contribution in [-0.2, 0) is 4.79 Å². The molecule has 1 N–H and O–H groups in total. The summed E-state index contributed by atoms with van der Waals surface area (Å²) in [5.74, 6) is 0.372. The number of carbonyl (C=O) groups is 2. The summed E-state index contributed by atoms with van der Waals surface area (Å²) in [6.07, 6.45) is 5.00. The number of hydrogen-bond acceptors (Lipinski definition) is 2. The Morgan fingerprint density at radius 1 is 1.00 bits per heavy atom. The third-order valence-electron chi connectivity index (χ3n) is 5.24. The molecule has 2 fully saturated rings. The Morgan fingerprint density at radius 3 is 2.38 bits per heavy atom. The highest BCUT2D eigenvalue weighted by Gasteiger charge is 2.32. The predicted molar refractivity (Wildman–Crippen MR) is 94.8 cm³/mol. The molecule has 1 atom stereocenters. The lowest BCUT2D eigenvalue weighted by Crippen LogP contribution is -2.49. The van der Waals surface area contributed by atoms with Crippen LogP contribution in [0.4, 0.5) is 10.5 Å². The summed E-state index contributed by atoms with van der Waals surface area (Å²) in [4.78, 5) is 28.9. The third-order valence-corrected chi connectivity index (χ3v) is 5.24. The minimum Gasteiger partial charge on any atom is -0.340 e. The van der Waals surface area contributed by atoms with Crippen molar-refractivity contribution in [1.82, 2.24) is 9.80 Å². The molecule has 0 aliphatic carbocycles. The zero-order chi connectivity index (χ0) is 16.9. The molecule has 24 heavy (non-hydrogen) atoms. The monoisotopic (exact) mass is 329 g/mol. The second-order valence-corrected chi connectivity index (χ2v) is 6.93. The van der Waals surface area contributed by atoms with Crippen molar-refractivity contribution in [3.63, 3.8) is 0 Å². The molecule has 0 saturated carbocycles. The molecule has 2 saturated heterocycles. The molecule has 0 aromatic heterocycles. The summed E-state index contributed by atoms with van der Waals surface area (Å²) >= 11 is 0. The lowest BCUT2D eigenvalue weighted by molar-refractivity contribution is -0.140. The fourth-order valence-corrected chi connectivity index (χ4v) is 3.71. The fraction of sp³-hybridized carbons (Fsp3) is 0.579. The van der Waals surface area contributed by atoms with Gasteiger partial charge in [-0.3, -0.25) is 4.79 Å². The molecule has 0 spiro atoms. The standard InChI is InChI=1S/C19H27N3O2/c1-15-7-5-6-12-22(15)18(23)16-10-13-21(14-11-16)19(24)20-17-8-3-2-4-9-17/h2-4,8-9,15-16H,5-7,10-14H2,1H3,(H,20,24). The van der Waals surface area contributed by atoms with E-state index in [-0.39, 0.29) is 11.9 Å². The van der Waals surface area contributed by atoms with Gasteiger partial charge in [0.05, 0.1) is 0 Å². The number of urea groups is 1. The van der Waals surface area contributed by atoms with E-state index in [9.17, 15) is 9.59 Å². The van der Waals surface area contributed by atoms with Crippen LogP contribution in [0.3, 0.4) is 0 Å². The summed E-state index contributed by atoms with van der Waals surface area (Å²) in [5, 5.41) is 2.92. The number of anilines is 1. The lowest BCUT2D eigenvalue weighted by atomic mass is 9.93. The van der Waals surface area contributed by atoms with Crippen molar-refractivity contribution in [3.8, 4) is 0 Å². The van der Waals surface area contributed by atoms with Crippen LogP contribution in [0, 0.1) is 5.92 Å². The summed E-state index contributed by atoms with van der Waals surface area (Å²) in [5.41, 5.74) is 0.808. The highest BCUT2D eigenvalue weighted by molar-refractivity contribution is 5.89. The molecule has 0 bridgehead atoms. The van der Waals surface area contributed by atoms with E-state index in [4.69, 9.17) is 0 Å². The van der Waals surface area contributed by atoms with Gasteiger partial charge in [-0.05, 0) is 51.2 Å². The van der Waals surface area contributed by atoms with Crippen LogP contribution in [0.2, 0.25) is 0 Å². The number of amides is 3. The van der Waals surface area contributed by atoms with Crippen LogP contribution in [0.1, 0.15) is 39.0 Å². The largest absolute Gasteiger partial charge is 0.340 e. The second-order valence-electron chi connectivity index (χ2n) is 6.93.